The van der Waals surface area contributed by atoms with Gasteiger partial charge in [0.25, 0.3) is 0 Å². The SMILES string of the molecule is C[C@@H](O)[C@H](NC(=O)CO)C(=O)O. The van der Waals surface area contributed by atoms with Gasteiger partial charge in [-0.05, 0) is 6.92 Å². The molecule has 0 spiro atoms. The van der Waals surface area contributed by atoms with Crippen molar-refractivity contribution in [1.82, 2.24) is 5.32 Å². The van der Waals surface area contributed by atoms with E-state index in [1.54, 1.807) is 0 Å². The van der Waals surface area contributed by atoms with Crippen LogP contribution in [0.2, 0.25) is 0 Å². The van der Waals surface area contributed by atoms with Crippen LogP contribution in [-0.4, -0.2) is 45.9 Å². The molecule has 0 bridgehead atoms. The Morgan fingerprint density at radius 2 is 2.00 bits per heavy atom. The van der Waals surface area contributed by atoms with Crippen molar-refractivity contribution in [2.75, 3.05) is 6.61 Å². The maximum absolute atomic E-state index is 10.5. The van der Waals surface area contributed by atoms with E-state index >= 15 is 0 Å². The molecule has 0 saturated heterocycles. The van der Waals surface area contributed by atoms with E-state index in [0.717, 1.165) is 0 Å². The number of hydrogen-bond acceptors (Lipinski definition) is 4. The second-order valence-corrected chi connectivity index (χ2v) is 2.28. The lowest BCUT2D eigenvalue weighted by molar-refractivity contribution is -0.145. The fourth-order valence-corrected chi connectivity index (χ4v) is 0.608. The number of nitrogens with one attached hydrogen (secondary N) is 1. The molecule has 4 N–H and O–H groups in total. The van der Waals surface area contributed by atoms with Crippen LogP contribution in [0.1, 0.15) is 6.92 Å². The van der Waals surface area contributed by atoms with E-state index in [1.807, 2.05) is 5.32 Å². The summed E-state index contributed by atoms with van der Waals surface area (Å²) in [7, 11) is 0. The number of carbonyl (C=O) groups is 2. The molecule has 0 saturated carbocycles. The molecule has 0 aromatic heterocycles. The summed E-state index contributed by atoms with van der Waals surface area (Å²) < 4.78 is 0. The van der Waals surface area contributed by atoms with Gasteiger partial charge >= 0.3 is 5.97 Å². The third-order valence-electron chi connectivity index (χ3n) is 1.21. The van der Waals surface area contributed by atoms with Crippen LogP contribution in [0.15, 0.2) is 0 Å². The van der Waals surface area contributed by atoms with Gasteiger partial charge < -0.3 is 20.6 Å². The van der Waals surface area contributed by atoms with Crippen LogP contribution in [0, 0.1) is 0 Å². The van der Waals surface area contributed by atoms with Gasteiger partial charge in [0, 0.05) is 0 Å². The van der Waals surface area contributed by atoms with Gasteiger partial charge in [0.15, 0.2) is 6.04 Å². The Morgan fingerprint density at radius 3 is 2.25 bits per heavy atom. The second kappa shape index (κ2) is 4.68. The highest BCUT2D eigenvalue weighted by atomic mass is 16.4. The zero-order valence-corrected chi connectivity index (χ0v) is 6.52. The summed E-state index contributed by atoms with van der Waals surface area (Å²) in [6.07, 6.45) is -1.20. The number of aliphatic carboxylic acids is 1. The first-order chi connectivity index (χ1) is 5.49. The molecule has 0 radical (unpaired) electrons. The summed E-state index contributed by atoms with van der Waals surface area (Å²) in [5.41, 5.74) is 0. The van der Waals surface area contributed by atoms with Crippen molar-refractivity contribution in [3.8, 4) is 0 Å². The van der Waals surface area contributed by atoms with Crippen LogP contribution >= 0.6 is 0 Å². The normalized spacial score (nSPS) is 14.9. The average Bonchev–Trinajstić information content (AvgIpc) is 1.98. The molecule has 12 heavy (non-hydrogen) atoms. The first kappa shape index (κ1) is 10.9. The quantitative estimate of drug-likeness (QED) is 0.394. The number of aliphatic hydroxyl groups excluding tert-OH is 2. The first-order valence-corrected chi connectivity index (χ1v) is 3.30. The molecule has 0 aliphatic rings. The number of aliphatic hydroxyl groups is 2. The molecular weight excluding hydrogens is 166 g/mol. The molecular formula is C6H11NO5. The van der Waals surface area contributed by atoms with Gasteiger partial charge in [-0.15, -0.1) is 0 Å². The summed E-state index contributed by atoms with van der Waals surface area (Å²) in [5.74, 6) is -2.17. The minimum atomic E-state index is -1.37. The number of hydrogen-bond donors (Lipinski definition) is 4. The van der Waals surface area contributed by atoms with Crippen LogP contribution in [0.4, 0.5) is 0 Å². The van der Waals surface area contributed by atoms with Crippen LogP contribution in [-0.2, 0) is 9.59 Å². The van der Waals surface area contributed by atoms with Gasteiger partial charge in [-0.25, -0.2) is 4.79 Å². The van der Waals surface area contributed by atoms with Crippen molar-refractivity contribution >= 4 is 11.9 Å². The Balaban J connectivity index is 4.14. The standard InChI is InChI=1S/C6H11NO5/c1-3(9)5(6(11)12)7-4(10)2-8/h3,5,8-9H,2H2,1H3,(H,7,10)(H,11,12)/t3-,5+/m1/s1. The lowest BCUT2D eigenvalue weighted by Crippen LogP contribution is -2.48. The summed E-state index contributed by atoms with van der Waals surface area (Å²) >= 11 is 0. The number of carbonyl (C=O) groups excluding carboxylic acids is 1. The van der Waals surface area contributed by atoms with E-state index in [-0.39, 0.29) is 0 Å². The summed E-state index contributed by atoms with van der Waals surface area (Å²) in [6, 6.07) is -1.37. The van der Waals surface area contributed by atoms with E-state index in [2.05, 4.69) is 0 Å². The molecule has 0 aliphatic heterocycles. The maximum atomic E-state index is 10.5. The Hall–Kier alpha value is -1.14. The van der Waals surface area contributed by atoms with Gasteiger partial charge in [-0.3, -0.25) is 4.79 Å². The number of amides is 1. The molecule has 6 heteroatoms. The summed E-state index contributed by atoms with van der Waals surface area (Å²) in [6.45, 7) is 0.437. The summed E-state index contributed by atoms with van der Waals surface area (Å²) in [4.78, 5) is 20.8. The van der Waals surface area contributed by atoms with E-state index in [1.165, 1.54) is 6.92 Å². The molecule has 1 amide bonds. The Morgan fingerprint density at radius 1 is 1.50 bits per heavy atom. The smallest absolute Gasteiger partial charge is 0.328 e. The third-order valence-corrected chi connectivity index (χ3v) is 1.21. The van der Waals surface area contributed by atoms with Crippen LogP contribution in [0.5, 0.6) is 0 Å². The number of rotatable bonds is 4. The van der Waals surface area contributed by atoms with Crippen LogP contribution < -0.4 is 5.32 Å². The lowest BCUT2D eigenvalue weighted by Gasteiger charge is -2.15. The summed E-state index contributed by atoms with van der Waals surface area (Å²) in [5, 5.41) is 27.5. The van der Waals surface area contributed by atoms with E-state index in [9.17, 15) is 9.59 Å². The zero-order valence-electron chi connectivity index (χ0n) is 6.52. The molecule has 0 fully saturated rings. The number of carboxylic acids is 1. The molecule has 6 nitrogen and oxygen atoms in total. The molecule has 70 valence electrons. The molecule has 0 aromatic carbocycles. The van der Waals surface area contributed by atoms with E-state index in [4.69, 9.17) is 15.3 Å². The molecule has 0 heterocycles. The predicted molar refractivity (Wildman–Crippen MR) is 38.3 cm³/mol. The molecule has 0 aromatic rings. The topological polar surface area (TPSA) is 107 Å². The average molecular weight is 177 g/mol. The molecule has 0 unspecified atom stereocenters. The largest absolute Gasteiger partial charge is 0.480 e. The van der Waals surface area contributed by atoms with E-state index in [0.29, 0.717) is 0 Å². The highest BCUT2D eigenvalue weighted by Crippen LogP contribution is 1.92. The van der Waals surface area contributed by atoms with Gasteiger partial charge in [0.05, 0.1) is 6.10 Å². The zero-order chi connectivity index (χ0) is 9.72. The molecule has 0 rings (SSSR count). The molecule has 0 aliphatic carbocycles. The fourth-order valence-electron chi connectivity index (χ4n) is 0.608. The highest BCUT2D eigenvalue weighted by Gasteiger charge is 2.24. The van der Waals surface area contributed by atoms with Crippen LogP contribution in [0.25, 0.3) is 0 Å². The van der Waals surface area contributed by atoms with Gasteiger partial charge in [0.1, 0.15) is 6.61 Å². The first-order valence-electron chi connectivity index (χ1n) is 3.30. The van der Waals surface area contributed by atoms with Crippen molar-refractivity contribution < 1.29 is 24.9 Å². The Bertz CT molecular complexity index is 179. The lowest BCUT2D eigenvalue weighted by atomic mass is 10.2. The van der Waals surface area contributed by atoms with Crippen LogP contribution in [0.3, 0.4) is 0 Å². The van der Waals surface area contributed by atoms with Gasteiger partial charge in [-0.1, -0.05) is 0 Å². The van der Waals surface area contributed by atoms with Crippen molar-refractivity contribution in [3.63, 3.8) is 0 Å². The monoisotopic (exact) mass is 177 g/mol. The van der Waals surface area contributed by atoms with Crippen molar-refractivity contribution in [3.05, 3.63) is 0 Å². The van der Waals surface area contributed by atoms with Crippen molar-refractivity contribution in [2.24, 2.45) is 0 Å². The minimum absolute atomic E-state index is 0.795. The van der Waals surface area contributed by atoms with Gasteiger partial charge in [0.2, 0.25) is 5.91 Å². The second-order valence-electron chi connectivity index (χ2n) is 2.28. The van der Waals surface area contributed by atoms with E-state index < -0.39 is 30.6 Å². The third kappa shape index (κ3) is 3.31. The Labute approximate surface area is 68.8 Å². The Kier molecular flexibility index (Phi) is 4.24. The highest BCUT2D eigenvalue weighted by molar-refractivity contribution is 5.84. The number of carboxylic acid groups (broad SMARTS) is 1. The maximum Gasteiger partial charge on any atom is 0.328 e. The molecule has 2 atom stereocenters. The minimum Gasteiger partial charge on any atom is -0.480 e. The van der Waals surface area contributed by atoms with Crippen molar-refractivity contribution in [2.45, 2.75) is 19.1 Å². The predicted octanol–water partition coefficient (Wildman–Crippen LogP) is -2.07. The fraction of sp³-hybridized carbons (Fsp3) is 0.667. The van der Waals surface area contributed by atoms with Crippen molar-refractivity contribution in [1.29, 1.82) is 0 Å². The van der Waals surface area contributed by atoms with Gasteiger partial charge in [-0.2, -0.15) is 0 Å².